The summed E-state index contributed by atoms with van der Waals surface area (Å²) >= 11 is 0. The van der Waals surface area contributed by atoms with E-state index in [9.17, 15) is 18.5 Å². The normalized spacial score (nSPS) is 11.3. The van der Waals surface area contributed by atoms with Crippen LogP contribution in [0.5, 0.6) is 0 Å². The molecule has 10 heteroatoms. The standard InChI is InChI=1S/C20H23N5O4S/c1-14-5-7-18(15(2)9-14)22-30(28,29)17-6-8-19(20(10-17)25(26)27)23(3)12-16-11-21-24(4)13-16/h5-11,13,22H,12H2,1-4H3. The van der Waals surface area contributed by atoms with Crippen molar-refractivity contribution in [2.24, 2.45) is 7.05 Å². The summed E-state index contributed by atoms with van der Waals surface area (Å²) in [5.41, 5.74) is 3.11. The quantitative estimate of drug-likeness (QED) is 0.455. The third-order valence-electron chi connectivity index (χ3n) is 4.67. The second-order valence-corrected chi connectivity index (χ2v) is 8.89. The van der Waals surface area contributed by atoms with Crippen LogP contribution in [0.2, 0.25) is 0 Å². The van der Waals surface area contributed by atoms with Crippen LogP contribution in [0.4, 0.5) is 17.1 Å². The van der Waals surface area contributed by atoms with Gasteiger partial charge in [-0.15, -0.1) is 0 Å². The summed E-state index contributed by atoms with van der Waals surface area (Å²) < 4.78 is 29.8. The van der Waals surface area contributed by atoms with E-state index < -0.39 is 14.9 Å². The lowest BCUT2D eigenvalue weighted by Gasteiger charge is -2.19. The van der Waals surface area contributed by atoms with Crippen LogP contribution >= 0.6 is 0 Å². The van der Waals surface area contributed by atoms with Gasteiger partial charge in [0.2, 0.25) is 0 Å². The molecule has 1 heterocycles. The van der Waals surface area contributed by atoms with Crippen LogP contribution in [0.3, 0.4) is 0 Å². The largest absolute Gasteiger partial charge is 0.365 e. The number of nitro groups is 1. The van der Waals surface area contributed by atoms with Crippen molar-refractivity contribution in [1.29, 1.82) is 0 Å². The number of rotatable bonds is 7. The fraction of sp³-hybridized carbons (Fsp3) is 0.250. The van der Waals surface area contributed by atoms with Gasteiger partial charge in [0.05, 0.1) is 21.7 Å². The van der Waals surface area contributed by atoms with E-state index in [1.807, 2.05) is 19.2 Å². The summed E-state index contributed by atoms with van der Waals surface area (Å²) in [5, 5.41) is 15.7. The Labute approximate surface area is 175 Å². The van der Waals surface area contributed by atoms with E-state index in [1.54, 1.807) is 48.9 Å². The van der Waals surface area contributed by atoms with E-state index in [4.69, 9.17) is 0 Å². The van der Waals surface area contributed by atoms with Crippen molar-refractivity contribution in [3.05, 3.63) is 75.6 Å². The molecule has 0 saturated heterocycles. The van der Waals surface area contributed by atoms with Gasteiger partial charge in [0.15, 0.2) is 0 Å². The summed E-state index contributed by atoms with van der Waals surface area (Å²) in [5.74, 6) is 0. The Kier molecular flexibility index (Phi) is 5.79. The van der Waals surface area contributed by atoms with E-state index in [-0.39, 0.29) is 10.6 Å². The smallest absolute Gasteiger partial charge is 0.293 e. The molecule has 9 nitrogen and oxygen atoms in total. The van der Waals surface area contributed by atoms with Crippen LogP contribution < -0.4 is 9.62 Å². The Morgan fingerprint density at radius 2 is 1.93 bits per heavy atom. The molecule has 0 saturated carbocycles. The first-order valence-electron chi connectivity index (χ1n) is 9.14. The van der Waals surface area contributed by atoms with Gasteiger partial charge in [-0.25, -0.2) is 8.42 Å². The highest BCUT2D eigenvalue weighted by atomic mass is 32.2. The number of aryl methyl sites for hydroxylation is 3. The Morgan fingerprint density at radius 3 is 2.53 bits per heavy atom. The Hall–Kier alpha value is -3.40. The molecule has 1 aromatic heterocycles. The van der Waals surface area contributed by atoms with Gasteiger partial charge in [0.1, 0.15) is 5.69 Å². The van der Waals surface area contributed by atoms with Gasteiger partial charge < -0.3 is 4.90 Å². The van der Waals surface area contributed by atoms with Crippen molar-refractivity contribution in [2.45, 2.75) is 25.3 Å². The van der Waals surface area contributed by atoms with Crippen molar-refractivity contribution >= 4 is 27.1 Å². The minimum atomic E-state index is -3.99. The summed E-state index contributed by atoms with van der Waals surface area (Å²) in [7, 11) is -0.497. The van der Waals surface area contributed by atoms with E-state index in [0.29, 0.717) is 17.9 Å². The molecule has 30 heavy (non-hydrogen) atoms. The lowest BCUT2D eigenvalue weighted by atomic mass is 10.1. The summed E-state index contributed by atoms with van der Waals surface area (Å²) in [6.07, 6.45) is 3.49. The zero-order chi connectivity index (χ0) is 22.1. The van der Waals surface area contributed by atoms with Gasteiger partial charge in [0.25, 0.3) is 15.7 Å². The second kappa shape index (κ2) is 8.15. The number of hydrogen-bond acceptors (Lipinski definition) is 6. The molecule has 1 N–H and O–H groups in total. The third kappa shape index (κ3) is 4.60. The van der Waals surface area contributed by atoms with E-state index in [0.717, 1.165) is 22.8 Å². The number of sulfonamides is 1. The highest BCUT2D eigenvalue weighted by molar-refractivity contribution is 7.92. The van der Waals surface area contributed by atoms with Crippen molar-refractivity contribution in [1.82, 2.24) is 9.78 Å². The molecule has 0 aliphatic rings. The zero-order valence-electron chi connectivity index (χ0n) is 17.2. The molecule has 0 spiro atoms. The number of nitro benzene ring substituents is 1. The molecule has 0 bridgehead atoms. The maximum absolute atomic E-state index is 12.8. The molecule has 2 aromatic carbocycles. The monoisotopic (exact) mass is 429 g/mol. The van der Waals surface area contributed by atoms with E-state index >= 15 is 0 Å². The van der Waals surface area contributed by atoms with Crippen LogP contribution in [0, 0.1) is 24.0 Å². The summed E-state index contributed by atoms with van der Waals surface area (Å²) in [4.78, 5) is 12.6. The first kappa shape index (κ1) is 21.3. The average molecular weight is 430 g/mol. The summed E-state index contributed by atoms with van der Waals surface area (Å²) in [6, 6.07) is 9.23. The molecule has 0 aliphatic carbocycles. The first-order chi connectivity index (χ1) is 14.1. The van der Waals surface area contributed by atoms with E-state index in [1.165, 1.54) is 12.1 Å². The van der Waals surface area contributed by atoms with Crippen molar-refractivity contribution in [3.63, 3.8) is 0 Å². The predicted molar refractivity (Wildman–Crippen MR) is 115 cm³/mol. The van der Waals surface area contributed by atoms with Gasteiger partial charge >= 0.3 is 0 Å². The Morgan fingerprint density at radius 1 is 1.20 bits per heavy atom. The molecule has 0 amide bonds. The van der Waals surface area contributed by atoms with Gasteiger partial charge in [-0.3, -0.25) is 19.5 Å². The maximum Gasteiger partial charge on any atom is 0.293 e. The van der Waals surface area contributed by atoms with Crippen molar-refractivity contribution in [3.8, 4) is 0 Å². The highest BCUT2D eigenvalue weighted by Gasteiger charge is 2.24. The third-order valence-corrected chi connectivity index (χ3v) is 6.03. The van der Waals surface area contributed by atoms with Gasteiger partial charge in [-0.2, -0.15) is 5.10 Å². The minimum absolute atomic E-state index is 0.173. The van der Waals surface area contributed by atoms with Crippen molar-refractivity contribution < 1.29 is 13.3 Å². The molecular weight excluding hydrogens is 406 g/mol. The van der Waals surface area contributed by atoms with Gasteiger partial charge in [-0.1, -0.05) is 17.7 Å². The molecule has 0 atom stereocenters. The molecule has 0 radical (unpaired) electrons. The van der Waals surface area contributed by atoms with Crippen molar-refractivity contribution in [2.75, 3.05) is 16.7 Å². The molecule has 3 aromatic rings. The van der Waals surface area contributed by atoms with Crippen LogP contribution in [0.1, 0.15) is 16.7 Å². The Bertz CT molecular complexity index is 1200. The number of anilines is 2. The average Bonchev–Trinajstić information content (AvgIpc) is 3.08. The van der Waals surface area contributed by atoms with E-state index in [2.05, 4.69) is 9.82 Å². The van der Waals surface area contributed by atoms with Crippen LogP contribution in [0.25, 0.3) is 0 Å². The summed E-state index contributed by atoms with van der Waals surface area (Å²) in [6.45, 7) is 4.10. The number of hydrogen-bond donors (Lipinski definition) is 1. The fourth-order valence-electron chi connectivity index (χ4n) is 3.18. The first-order valence-corrected chi connectivity index (χ1v) is 10.6. The molecule has 0 aliphatic heterocycles. The lowest BCUT2D eigenvalue weighted by Crippen LogP contribution is -2.19. The Balaban J connectivity index is 1.92. The SMILES string of the molecule is Cc1ccc(NS(=O)(=O)c2ccc(N(C)Cc3cnn(C)c3)c([N+](=O)[O-])c2)c(C)c1. The molecule has 158 valence electrons. The van der Waals surface area contributed by atoms with Crippen LogP contribution in [0.15, 0.2) is 53.7 Å². The topological polar surface area (TPSA) is 110 Å². The van der Waals surface area contributed by atoms with Crippen LogP contribution in [-0.4, -0.2) is 30.2 Å². The predicted octanol–water partition coefficient (Wildman–Crippen LogP) is 3.38. The number of nitrogens with one attached hydrogen (secondary N) is 1. The number of benzene rings is 2. The molecule has 0 fully saturated rings. The van der Waals surface area contributed by atoms with Gasteiger partial charge in [-0.05, 0) is 37.6 Å². The molecule has 3 rings (SSSR count). The van der Waals surface area contributed by atoms with Crippen LogP contribution in [-0.2, 0) is 23.6 Å². The zero-order valence-corrected chi connectivity index (χ0v) is 18.0. The lowest BCUT2D eigenvalue weighted by molar-refractivity contribution is -0.384. The highest BCUT2D eigenvalue weighted by Crippen LogP contribution is 2.32. The molecular formula is C20H23N5O4S. The second-order valence-electron chi connectivity index (χ2n) is 7.21. The molecule has 0 unspecified atom stereocenters. The fourth-order valence-corrected chi connectivity index (χ4v) is 4.33. The maximum atomic E-state index is 12.8. The number of nitrogens with zero attached hydrogens (tertiary/aromatic N) is 4. The minimum Gasteiger partial charge on any atom is -0.365 e. The number of aromatic nitrogens is 2. The van der Waals surface area contributed by atoms with Gasteiger partial charge in [0, 0.05) is 38.5 Å².